The van der Waals surface area contributed by atoms with Gasteiger partial charge < -0.3 is 0 Å². The largest absolute Gasteiger partial charge is 0.247 e. The molecule has 278 valence electrons. The van der Waals surface area contributed by atoms with Crippen LogP contribution in [0.2, 0.25) is 0 Å². The maximum Gasteiger partial charge on any atom is 0.0995 e. The first-order valence-corrected chi connectivity index (χ1v) is 20.4. The van der Waals surface area contributed by atoms with Gasteiger partial charge in [0.15, 0.2) is 0 Å². The highest BCUT2D eigenvalue weighted by atomic mass is 14.8. The second kappa shape index (κ2) is 13.8. The second-order valence-electron chi connectivity index (χ2n) is 15.5. The fourth-order valence-corrected chi connectivity index (χ4v) is 9.25. The van der Waals surface area contributed by atoms with Crippen molar-refractivity contribution < 1.29 is 0 Å². The number of nitrogens with zero attached hydrogens (tertiary/aromatic N) is 3. The van der Waals surface area contributed by atoms with E-state index in [1.54, 1.807) is 0 Å². The van der Waals surface area contributed by atoms with Crippen molar-refractivity contribution in [3.05, 3.63) is 212 Å². The number of aromatic nitrogens is 3. The molecule has 0 atom stereocenters. The Morgan fingerprint density at radius 1 is 0.233 bits per heavy atom. The lowest BCUT2D eigenvalue weighted by molar-refractivity contribution is 1.30. The van der Waals surface area contributed by atoms with Crippen molar-refractivity contribution in [3.63, 3.8) is 0 Å². The molecule has 0 aliphatic rings. The molecule has 2 heterocycles. The van der Waals surface area contributed by atoms with Crippen molar-refractivity contribution in [2.24, 2.45) is 0 Å². The molecule has 0 unspecified atom stereocenters. The summed E-state index contributed by atoms with van der Waals surface area (Å²) in [7, 11) is 0. The first kappa shape index (κ1) is 34.1. The van der Waals surface area contributed by atoms with E-state index < -0.39 is 0 Å². The lowest BCUT2D eigenvalue weighted by Crippen LogP contribution is -2.00. The van der Waals surface area contributed by atoms with E-state index in [0.717, 1.165) is 88.7 Å². The number of para-hydroxylation sites is 1. The molecule has 3 heteroatoms. The SMILES string of the molecule is c1ccc(-c2nc3cc(-c4ccccc4)c4c5ccccc5nc(-c5cccc(-c6ccc7c8ccccc8c8ccccc8c7c6)c5)c4c3nc2-c2ccccc2)cc1. The van der Waals surface area contributed by atoms with Crippen LogP contribution in [0, 0.1) is 0 Å². The summed E-state index contributed by atoms with van der Waals surface area (Å²) in [5, 5.41) is 10.8. The Bertz CT molecular complexity index is 3600. The van der Waals surface area contributed by atoms with E-state index in [2.05, 4.69) is 200 Å². The van der Waals surface area contributed by atoms with E-state index in [0.29, 0.717) is 0 Å². The van der Waals surface area contributed by atoms with Crippen LogP contribution in [-0.2, 0) is 0 Å². The van der Waals surface area contributed by atoms with E-state index in [4.69, 9.17) is 15.0 Å². The zero-order valence-corrected chi connectivity index (χ0v) is 32.5. The van der Waals surface area contributed by atoms with E-state index in [1.807, 2.05) is 12.1 Å². The highest BCUT2D eigenvalue weighted by Crippen LogP contribution is 2.45. The van der Waals surface area contributed by atoms with Crippen LogP contribution in [0.3, 0.4) is 0 Å². The van der Waals surface area contributed by atoms with Gasteiger partial charge in [-0.2, -0.15) is 0 Å². The zero-order chi connectivity index (χ0) is 39.6. The van der Waals surface area contributed by atoms with Crippen LogP contribution in [0.4, 0.5) is 0 Å². The maximum absolute atomic E-state index is 5.64. The summed E-state index contributed by atoms with van der Waals surface area (Å²) >= 11 is 0. The molecule has 12 rings (SSSR count). The van der Waals surface area contributed by atoms with Gasteiger partial charge in [-0.25, -0.2) is 15.0 Å². The monoisotopic (exact) mass is 761 g/mol. The third kappa shape index (κ3) is 5.48. The van der Waals surface area contributed by atoms with Gasteiger partial charge in [0.25, 0.3) is 0 Å². The van der Waals surface area contributed by atoms with Crippen molar-refractivity contribution >= 4 is 65.0 Å². The fourth-order valence-electron chi connectivity index (χ4n) is 9.25. The van der Waals surface area contributed by atoms with Gasteiger partial charge in [0, 0.05) is 32.8 Å². The summed E-state index contributed by atoms with van der Waals surface area (Å²) in [6, 6.07) is 75.5. The molecule has 10 aromatic carbocycles. The van der Waals surface area contributed by atoms with E-state index in [1.165, 1.54) is 32.3 Å². The van der Waals surface area contributed by atoms with Gasteiger partial charge in [-0.3, -0.25) is 0 Å². The van der Waals surface area contributed by atoms with Crippen LogP contribution in [0.15, 0.2) is 212 Å². The molecule has 0 amide bonds. The van der Waals surface area contributed by atoms with E-state index in [9.17, 15) is 0 Å². The molecule has 12 aromatic rings. The molecule has 0 spiro atoms. The van der Waals surface area contributed by atoms with Crippen LogP contribution in [0.5, 0.6) is 0 Å². The number of hydrogen-bond acceptors (Lipinski definition) is 3. The summed E-state index contributed by atoms with van der Waals surface area (Å²) in [4.78, 5) is 16.7. The Morgan fingerprint density at radius 3 is 1.35 bits per heavy atom. The van der Waals surface area contributed by atoms with E-state index >= 15 is 0 Å². The molecule has 0 N–H and O–H groups in total. The van der Waals surface area contributed by atoms with Crippen LogP contribution in [0.25, 0.3) is 121 Å². The summed E-state index contributed by atoms with van der Waals surface area (Å²) in [5.74, 6) is 0. The van der Waals surface area contributed by atoms with E-state index in [-0.39, 0.29) is 0 Å². The van der Waals surface area contributed by atoms with Gasteiger partial charge in [-0.05, 0) is 78.8 Å². The Hall–Kier alpha value is -8.01. The Kier molecular flexibility index (Phi) is 7.85. The Morgan fingerprint density at radius 2 is 0.700 bits per heavy atom. The minimum atomic E-state index is 0.822. The van der Waals surface area contributed by atoms with Gasteiger partial charge in [0.2, 0.25) is 0 Å². The zero-order valence-electron chi connectivity index (χ0n) is 32.5. The summed E-state index contributed by atoms with van der Waals surface area (Å²) in [6.45, 7) is 0. The highest BCUT2D eigenvalue weighted by Gasteiger charge is 2.22. The Labute approximate surface area is 346 Å². The summed E-state index contributed by atoms with van der Waals surface area (Å²) in [6.07, 6.45) is 0. The minimum absolute atomic E-state index is 0.822. The lowest BCUT2D eigenvalue weighted by Gasteiger charge is -2.18. The normalized spacial score (nSPS) is 11.7. The van der Waals surface area contributed by atoms with Gasteiger partial charge in [-0.1, -0.05) is 188 Å². The van der Waals surface area contributed by atoms with Gasteiger partial charge in [0.1, 0.15) is 0 Å². The van der Waals surface area contributed by atoms with Crippen LogP contribution < -0.4 is 0 Å². The van der Waals surface area contributed by atoms with Crippen molar-refractivity contribution in [1.29, 1.82) is 0 Å². The minimum Gasteiger partial charge on any atom is -0.247 e. The third-order valence-electron chi connectivity index (χ3n) is 12.0. The standard InChI is InChI=1S/C57H35N3/c1-4-17-36(18-5-1)48-35-51-57(60-56(38-21-8-3-9-22-38)55(59-51)37-19-6-2-7-20-37)53-52(48)47-29-14-15-30-50(47)58-54(53)41-24-16-23-39(33-41)40-31-32-46-44-27-11-10-25-42(44)43-26-12-13-28-45(43)49(46)34-40/h1-35H. The van der Waals surface area contributed by atoms with Crippen molar-refractivity contribution in [1.82, 2.24) is 15.0 Å². The molecule has 0 radical (unpaired) electrons. The number of benzene rings is 10. The molecule has 60 heavy (non-hydrogen) atoms. The van der Waals surface area contributed by atoms with Crippen molar-refractivity contribution in [2.45, 2.75) is 0 Å². The first-order valence-electron chi connectivity index (χ1n) is 20.4. The number of rotatable bonds is 5. The van der Waals surface area contributed by atoms with Crippen LogP contribution in [-0.4, -0.2) is 15.0 Å². The quantitative estimate of drug-likeness (QED) is 0.164. The molecule has 0 saturated carbocycles. The predicted octanol–water partition coefficient (Wildman–Crippen LogP) is 15.1. The molecular weight excluding hydrogens is 727 g/mol. The molecular formula is C57H35N3. The Balaban J connectivity index is 1.17. The fraction of sp³-hybridized carbons (Fsp3) is 0. The van der Waals surface area contributed by atoms with Crippen LogP contribution >= 0.6 is 0 Å². The molecule has 0 bridgehead atoms. The summed E-state index contributed by atoms with van der Waals surface area (Å²) in [5.41, 5.74) is 12.7. The maximum atomic E-state index is 5.64. The number of hydrogen-bond donors (Lipinski definition) is 0. The highest BCUT2D eigenvalue weighted by molar-refractivity contribution is 6.27. The second-order valence-corrected chi connectivity index (χ2v) is 15.5. The molecule has 0 saturated heterocycles. The van der Waals surface area contributed by atoms with Gasteiger partial charge >= 0.3 is 0 Å². The van der Waals surface area contributed by atoms with Gasteiger partial charge in [-0.15, -0.1) is 0 Å². The topological polar surface area (TPSA) is 38.7 Å². The molecule has 2 aromatic heterocycles. The average molecular weight is 762 g/mol. The average Bonchev–Trinajstić information content (AvgIpc) is 3.33. The summed E-state index contributed by atoms with van der Waals surface area (Å²) < 4.78 is 0. The van der Waals surface area contributed by atoms with Crippen molar-refractivity contribution in [2.75, 3.05) is 0 Å². The molecule has 0 fully saturated rings. The predicted molar refractivity (Wildman–Crippen MR) is 252 cm³/mol. The molecule has 0 aliphatic carbocycles. The number of pyridine rings is 1. The smallest absolute Gasteiger partial charge is 0.0995 e. The van der Waals surface area contributed by atoms with Crippen LogP contribution in [0.1, 0.15) is 0 Å². The lowest BCUT2D eigenvalue weighted by atomic mass is 9.90. The van der Waals surface area contributed by atoms with Crippen molar-refractivity contribution in [3.8, 4) is 56.0 Å². The van der Waals surface area contributed by atoms with Gasteiger partial charge in [0.05, 0.1) is 33.6 Å². The molecule has 3 nitrogen and oxygen atoms in total. The molecule has 0 aliphatic heterocycles. The first-order chi connectivity index (χ1) is 29.8. The third-order valence-corrected chi connectivity index (χ3v) is 12.0. The number of fused-ring (bicyclic) bond motifs is 11.